The van der Waals surface area contributed by atoms with Gasteiger partial charge in [-0.3, -0.25) is 0 Å². The first-order valence-corrected chi connectivity index (χ1v) is 4.47. The maximum atomic E-state index is 10.8. The molecule has 0 bridgehead atoms. The van der Waals surface area contributed by atoms with Crippen LogP contribution in [-0.2, 0) is 14.3 Å². The van der Waals surface area contributed by atoms with Gasteiger partial charge in [0.05, 0.1) is 7.11 Å². The SMILES string of the molecule is C/C=C/[C@@H](CCC(C)=O)OC(=O)OC. The van der Waals surface area contributed by atoms with Crippen molar-refractivity contribution in [2.24, 2.45) is 0 Å². The van der Waals surface area contributed by atoms with Crippen molar-refractivity contribution in [3.8, 4) is 0 Å². The molecular formula is C10H16O4. The minimum atomic E-state index is -0.725. The predicted molar refractivity (Wildman–Crippen MR) is 52.0 cm³/mol. The molecule has 0 aliphatic rings. The Labute approximate surface area is 83.9 Å². The Kier molecular flexibility index (Phi) is 6.45. The molecule has 0 fully saturated rings. The first kappa shape index (κ1) is 12.7. The number of carbonyl (C=O) groups excluding carboxylic acids is 2. The highest BCUT2D eigenvalue weighted by Gasteiger charge is 2.11. The monoisotopic (exact) mass is 200 g/mol. The van der Waals surface area contributed by atoms with Gasteiger partial charge in [-0.2, -0.15) is 0 Å². The average Bonchev–Trinajstić information content (AvgIpc) is 2.14. The van der Waals surface area contributed by atoms with Gasteiger partial charge < -0.3 is 14.3 Å². The highest BCUT2D eigenvalue weighted by molar-refractivity contribution is 5.75. The average molecular weight is 200 g/mol. The van der Waals surface area contributed by atoms with Gasteiger partial charge >= 0.3 is 6.16 Å². The second-order valence-corrected chi connectivity index (χ2v) is 2.88. The van der Waals surface area contributed by atoms with Gasteiger partial charge in [0, 0.05) is 6.42 Å². The summed E-state index contributed by atoms with van der Waals surface area (Å²) in [5.74, 6) is 0.0768. The van der Waals surface area contributed by atoms with E-state index in [0.717, 1.165) is 0 Å². The third-order valence-corrected chi connectivity index (χ3v) is 1.60. The summed E-state index contributed by atoms with van der Waals surface area (Å²) in [7, 11) is 1.25. The van der Waals surface area contributed by atoms with Crippen LogP contribution in [-0.4, -0.2) is 25.2 Å². The van der Waals surface area contributed by atoms with Crippen molar-refractivity contribution < 1.29 is 19.1 Å². The van der Waals surface area contributed by atoms with Gasteiger partial charge in [0.2, 0.25) is 0 Å². The second kappa shape index (κ2) is 7.12. The van der Waals surface area contributed by atoms with E-state index in [1.165, 1.54) is 14.0 Å². The van der Waals surface area contributed by atoms with E-state index < -0.39 is 6.16 Å². The van der Waals surface area contributed by atoms with Crippen LogP contribution >= 0.6 is 0 Å². The number of ether oxygens (including phenoxy) is 2. The fourth-order valence-electron chi connectivity index (χ4n) is 0.926. The lowest BCUT2D eigenvalue weighted by molar-refractivity contribution is -0.117. The Hall–Kier alpha value is -1.32. The Bertz CT molecular complexity index is 220. The first-order chi connectivity index (χ1) is 6.60. The molecule has 0 aromatic rings. The molecule has 0 saturated heterocycles. The van der Waals surface area contributed by atoms with Crippen molar-refractivity contribution in [3.05, 3.63) is 12.2 Å². The lowest BCUT2D eigenvalue weighted by atomic mass is 10.1. The summed E-state index contributed by atoms with van der Waals surface area (Å²) >= 11 is 0. The Morgan fingerprint density at radius 2 is 2.07 bits per heavy atom. The zero-order valence-corrected chi connectivity index (χ0v) is 8.78. The lowest BCUT2D eigenvalue weighted by Crippen LogP contribution is -2.16. The van der Waals surface area contributed by atoms with E-state index in [2.05, 4.69) is 4.74 Å². The van der Waals surface area contributed by atoms with Gasteiger partial charge in [-0.25, -0.2) is 4.79 Å². The lowest BCUT2D eigenvalue weighted by Gasteiger charge is -2.11. The maximum Gasteiger partial charge on any atom is 0.508 e. The highest BCUT2D eigenvalue weighted by Crippen LogP contribution is 2.06. The molecule has 0 aliphatic heterocycles. The zero-order valence-electron chi connectivity index (χ0n) is 8.78. The fraction of sp³-hybridized carbons (Fsp3) is 0.600. The van der Waals surface area contributed by atoms with Crippen LogP contribution in [0.4, 0.5) is 4.79 Å². The predicted octanol–water partition coefficient (Wildman–Crippen LogP) is 2.08. The first-order valence-electron chi connectivity index (χ1n) is 4.47. The molecule has 1 atom stereocenters. The van der Waals surface area contributed by atoms with E-state index in [0.29, 0.717) is 12.8 Å². The molecule has 0 unspecified atom stereocenters. The summed E-state index contributed by atoms with van der Waals surface area (Å²) in [6.07, 6.45) is 3.28. The molecule has 0 spiro atoms. The normalized spacial score (nSPS) is 12.5. The number of ketones is 1. The smallest absolute Gasteiger partial charge is 0.438 e. The number of hydrogen-bond acceptors (Lipinski definition) is 4. The fourth-order valence-corrected chi connectivity index (χ4v) is 0.926. The summed E-state index contributed by atoms with van der Waals surface area (Å²) < 4.78 is 9.24. The molecule has 0 aromatic heterocycles. The molecule has 14 heavy (non-hydrogen) atoms. The van der Waals surface area contributed by atoms with Crippen molar-refractivity contribution in [3.63, 3.8) is 0 Å². The Morgan fingerprint density at radius 1 is 1.43 bits per heavy atom. The number of rotatable bonds is 5. The van der Waals surface area contributed by atoms with E-state index >= 15 is 0 Å². The number of Topliss-reactive ketones (excluding diaryl/α,β-unsaturated/α-hetero) is 1. The third-order valence-electron chi connectivity index (χ3n) is 1.60. The Balaban J connectivity index is 4.01. The largest absolute Gasteiger partial charge is 0.508 e. The molecule has 0 heterocycles. The molecule has 0 N–H and O–H groups in total. The van der Waals surface area contributed by atoms with Crippen molar-refractivity contribution in [2.75, 3.05) is 7.11 Å². The van der Waals surface area contributed by atoms with Crippen LogP contribution in [0.5, 0.6) is 0 Å². The molecule has 0 radical (unpaired) electrons. The van der Waals surface area contributed by atoms with Gasteiger partial charge in [0.1, 0.15) is 11.9 Å². The van der Waals surface area contributed by atoms with E-state index in [4.69, 9.17) is 4.74 Å². The molecular weight excluding hydrogens is 184 g/mol. The molecule has 0 amide bonds. The standard InChI is InChI=1S/C10H16O4/c1-4-5-9(7-6-8(2)11)14-10(12)13-3/h4-5,9H,6-7H2,1-3H3/b5-4+/t9-/m0/s1. The van der Waals surface area contributed by atoms with E-state index in [1.54, 1.807) is 12.2 Å². The molecule has 0 aliphatic carbocycles. The van der Waals surface area contributed by atoms with E-state index in [1.807, 2.05) is 6.92 Å². The zero-order chi connectivity index (χ0) is 11.0. The van der Waals surface area contributed by atoms with Gasteiger partial charge in [-0.05, 0) is 26.3 Å². The van der Waals surface area contributed by atoms with Crippen LogP contribution in [0.1, 0.15) is 26.7 Å². The van der Waals surface area contributed by atoms with Crippen molar-refractivity contribution in [2.45, 2.75) is 32.8 Å². The van der Waals surface area contributed by atoms with Gasteiger partial charge in [0.25, 0.3) is 0 Å². The third kappa shape index (κ3) is 6.22. The number of allylic oxidation sites excluding steroid dienone is 1. The second-order valence-electron chi connectivity index (χ2n) is 2.88. The molecule has 4 heteroatoms. The van der Waals surface area contributed by atoms with E-state index in [-0.39, 0.29) is 11.9 Å². The molecule has 0 aromatic carbocycles. The van der Waals surface area contributed by atoms with Crippen LogP contribution in [0.15, 0.2) is 12.2 Å². The number of methoxy groups -OCH3 is 1. The van der Waals surface area contributed by atoms with Gasteiger partial charge in [-0.1, -0.05) is 6.08 Å². The summed E-state index contributed by atoms with van der Waals surface area (Å²) in [4.78, 5) is 21.5. The van der Waals surface area contributed by atoms with Crippen LogP contribution in [0.25, 0.3) is 0 Å². The number of hydrogen-bond donors (Lipinski definition) is 0. The topological polar surface area (TPSA) is 52.6 Å². The molecule has 0 rings (SSSR count). The van der Waals surface area contributed by atoms with Crippen molar-refractivity contribution in [1.29, 1.82) is 0 Å². The summed E-state index contributed by atoms with van der Waals surface area (Å²) in [6.45, 7) is 3.33. The quantitative estimate of drug-likeness (QED) is 0.503. The van der Waals surface area contributed by atoms with Crippen LogP contribution < -0.4 is 0 Å². The van der Waals surface area contributed by atoms with Crippen LogP contribution in [0.3, 0.4) is 0 Å². The van der Waals surface area contributed by atoms with Crippen molar-refractivity contribution >= 4 is 11.9 Å². The van der Waals surface area contributed by atoms with Crippen LogP contribution in [0, 0.1) is 0 Å². The summed E-state index contributed by atoms with van der Waals surface area (Å²) in [5, 5.41) is 0. The molecule has 0 saturated carbocycles. The van der Waals surface area contributed by atoms with Gasteiger partial charge in [0.15, 0.2) is 0 Å². The minimum Gasteiger partial charge on any atom is -0.438 e. The summed E-state index contributed by atoms with van der Waals surface area (Å²) in [5.41, 5.74) is 0. The number of carbonyl (C=O) groups is 2. The maximum absolute atomic E-state index is 10.8. The molecule has 4 nitrogen and oxygen atoms in total. The minimum absolute atomic E-state index is 0.0768. The summed E-state index contributed by atoms with van der Waals surface area (Å²) in [6, 6.07) is 0. The Morgan fingerprint density at radius 3 is 2.50 bits per heavy atom. The van der Waals surface area contributed by atoms with E-state index in [9.17, 15) is 9.59 Å². The molecule has 80 valence electrons. The van der Waals surface area contributed by atoms with Gasteiger partial charge in [-0.15, -0.1) is 0 Å². The van der Waals surface area contributed by atoms with Crippen molar-refractivity contribution in [1.82, 2.24) is 0 Å². The highest BCUT2D eigenvalue weighted by atomic mass is 16.7. The van der Waals surface area contributed by atoms with Crippen LogP contribution in [0.2, 0.25) is 0 Å².